The molecule has 0 aromatic heterocycles. The van der Waals surface area contributed by atoms with E-state index in [4.69, 9.17) is 0 Å². The summed E-state index contributed by atoms with van der Waals surface area (Å²) in [6.07, 6.45) is -3.01. The van der Waals surface area contributed by atoms with Crippen molar-refractivity contribution in [3.05, 3.63) is 35.4 Å². The minimum Gasteiger partial charge on any atom is -0.393 e. The third kappa shape index (κ3) is 3.70. The third-order valence-corrected chi connectivity index (χ3v) is 3.54. The van der Waals surface area contributed by atoms with Crippen molar-refractivity contribution in [2.45, 2.75) is 31.7 Å². The molecule has 2 rings (SSSR count). The van der Waals surface area contributed by atoms with Crippen molar-refractivity contribution in [1.82, 2.24) is 4.90 Å². The van der Waals surface area contributed by atoms with Gasteiger partial charge in [-0.2, -0.15) is 13.2 Å². The summed E-state index contributed by atoms with van der Waals surface area (Å²) in [6, 6.07) is 5.69. The van der Waals surface area contributed by atoms with Crippen molar-refractivity contribution in [1.29, 1.82) is 0 Å². The highest BCUT2D eigenvalue weighted by Gasteiger charge is 2.33. The average molecular weight is 273 g/mol. The van der Waals surface area contributed by atoms with E-state index < -0.39 is 11.7 Å². The van der Waals surface area contributed by atoms with Gasteiger partial charge < -0.3 is 10.0 Å². The molecule has 2 nitrogen and oxygen atoms in total. The summed E-state index contributed by atoms with van der Waals surface area (Å²) in [5.74, 6) is 0.401. The Morgan fingerprint density at radius 1 is 1.26 bits per heavy atom. The molecule has 0 saturated heterocycles. The molecular formula is C14H18F3NO. The Morgan fingerprint density at radius 3 is 2.47 bits per heavy atom. The second-order valence-corrected chi connectivity index (χ2v) is 5.34. The van der Waals surface area contributed by atoms with Crippen molar-refractivity contribution in [2.75, 3.05) is 13.6 Å². The zero-order chi connectivity index (χ0) is 14.0. The van der Waals surface area contributed by atoms with Crippen molar-refractivity contribution < 1.29 is 18.3 Å². The number of halogens is 3. The molecule has 5 heteroatoms. The summed E-state index contributed by atoms with van der Waals surface area (Å²) < 4.78 is 38.5. The fourth-order valence-electron chi connectivity index (χ4n) is 2.58. The SMILES string of the molecule is CN(Cc1ccccc1C(F)(F)F)CC1CC(O)C1. The molecule has 0 heterocycles. The maximum Gasteiger partial charge on any atom is 0.416 e. The Bertz CT molecular complexity index is 427. The highest BCUT2D eigenvalue weighted by Crippen LogP contribution is 2.33. The highest BCUT2D eigenvalue weighted by molar-refractivity contribution is 5.29. The Labute approximate surface area is 110 Å². The number of nitrogens with zero attached hydrogens (tertiary/aromatic N) is 1. The highest BCUT2D eigenvalue weighted by atomic mass is 19.4. The monoisotopic (exact) mass is 273 g/mol. The molecule has 1 aliphatic rings. The largest absolute Gasteiger partial charge is 0.416 e. The van der Waals surface area contributed by atoms with E-state index in [9.17, 15) is 18.3 Å². The molecule has 0 spiro atoms. The van der Waals surface area contributed by atoms with Crippen LogP contribution in [0.25, 0.3) is 0 Å². The van der Waals surface area contributed by atoms with Crippen LogP contribution >= 0.6 is 0 Å². The van der Waals surface area contributed by atoms with Gasteiger partial charge in [0.1, 0.15) is 0 Å². The van der Waals surface area contributed by atoms with Gasteiger partial charge in [0.25, 0.3) is 0 Å². The maximum atomic E-state index is 12.8. The molecule has 1 saturated carbocycles. The van der Waals surface area contributed by atoms with E-state index in [1.54, 1.807) is 6.07 Å². The standard InChI is InChI=1S/C14H18F3NO/c1-18(8-10-6-12(19)7-10)9-11-4-2-3-5-13(11)14(15,16)17/h2-5,10,12,19H,6-9H2,1H3. The first kappa shape index (κ1) is 14.3. The number of hydrogen-bond acceptors (Lipinski definition) is 2. The fourth-order valence-corrected chi connectivity index (χ4v) is 2.58. The van der Waals surface area contributed by atoms with E-state index in [2.05, 4.69) is 0 Å². The molecule has 1 fully saturated rings. The van der Waals surface area contributed by atoms with Crippen LogP contribution in [0.15, 0.2) is 24.3 Å². The Hall–Kier alpha value is -1.07. The number of rotatable bonds is 4. The Morgan fingerprint density at radius 2 is 1.89 bits per heavy atom. The van der Waals surface area contributed by atoms with E-state index in [0.717, 1.165) is 25.5 Å². The van der Waals surface area contributed by atoms with Crippen LogP contribution in [0.4, 0.5) is 13.2 Å². The second kappa shape index (κ2) is 5.51. The summed E-state index contributed by atoms with van der Waals surface area (Å²) in [5, 5.41) is 9.20. The van der Waals surface area contributed by atoms with Crippen LogP contribution in [-0.4, -0.2) is 29.7 Å². The molecule has 106 valence electrons. The lowest BCUT2D eigenvalue weighted by Crippen LogP contribution is -2.37. The number of alkyl halides is 3. The predicted molar refractivity (Wildman–Crippen MR) is 66.5 cm³/mol. The van der Waals surface area contributed by atoms with E-state index in [1.165, 1.54) is 12.1 Å². The van der Waals surface area contributed by atoms with Crippen LogP contribution in [-0.2, 0) is 12.7 Å². The predicted octanol–water partition coefficient (Wildman–Crippen LogP) is 2.91. The van der Waals surface area contributed by atoms with Gasteiger partial charge in [-0.3, -0.25) is 0 Å². The van der Waals surface area contributed by atoms with Crippen molar-refractivity contribution >= 4 is 0 Å². The first-order valence-corrected chi connectivity index (χ1v) is 6.38. The quantitative estimate of drug-likeness (QED) is 0.911. The second-order valence-electron chi connectivity index (χ2n) is 5.34. The van der Waals surface area contributed by atoms with Crippen molar-refractivity contribution in [2.24, 2.45) is 5.92 Å². The molecule has 1 aromatic rings. The maximum absolute atomic E-state index is 12.8. The first-order chi connectivity index (χ1) is 8.86. The van der Waals surface area contributed by atoms with Gasteiger partial charge in [0.05, 0.1) is 11.7 Å². The van der Waals surface area contributed by atoms with Gasteiger partial charge in [0, 0.05) is 13.1 Å². The zero-order valence-corrected chi connectivity index (χ0v) is 10.8. The summed E-state index contributed by atoms with van der Waals surface area (Å²) in [6.45, 7) is 1.01. The topological polar surface area (TPSA) is 23.5 Å². The van der Waals surface area contributed by atoms with E-state index >= 15 is 0 Å². The molecule has 1 aromatic carbocycles. The van der Waals surface area contributed by atoms with Crippen LogP contribution in [0, 0.1) is 5.92 Å². The van der Waals surface area contributed by atoms with Crippen LogP contribution in [0.2, 0.25) is 0 Å². The number of aliphatic hydroxyl groups is 1. The molecule has 1 N–H and O–H groups in total. The minimum absolute atomic E-state index is 0.221. The minimum atomic E-state index is -4.30. The van der Waals surface area contributed by atoms with Gasteiger partial charge in [0.2, 0.25) is 0 Å². The molecule has 0 amide bonds. The molecule has 0 bridgehead atoms. The molecule has 0 aliphatic heterocycles. The molecule has 0 radical (unpaired) electrons. The first-order valence-electron chi connectivity index (χ1n) is 6.38. The average Bonchev–Trinajstić information content (AvgIpc) is 2.26. The normalized spacial score (nSPS) is 23.5. The van der Waals surface area contributed by atoms with Gasteiger partial charge in [-0.15, -0.1) is 0 Å². The van der Waals surface area contributed by atoms with Gasteiger partial charge in [-0.05, 0) is 37.4 Å². The van der Waals surface area contributed by atoms with Crippen molar-refractivity contribution in [3.63, 3.8) is 0 Å². The molecule has 0 unspecified atom stereocenters. The lowest BCUT2D eigenvalue weighted by molar-refractivity contribution is -0.138. The summed E-state index contributed by atoms with van der Waals surface area (Å²) in [5.41, 5.74) is -0.257. The summed E-state index contributed by atoms with van der Waals surface area (Å²) >= 11 is 0. The Kier molecular flexibility index (Phi) is 4.16. The summed E-state index contributed by atoms with van der Waals surface area (Å²) in [4.78, 5) is 1.89. The summed E-state index contributed by atoms with van der Waals surface area (Å²) in [7, 11) is 1.82. The van der Waals surface area contributed by atoms with Crippen molar-refractivity contribution in [3.8, 4) is 0 Å². The lowest BCUT2D eigenvalue weighted by Gasteiger charge is -2.34. The zero-order valence-electron chi connectivity index (χ0n) is 10.8. The van der Waals surface area contributed by atoms with Gasteiger partial charge in [-0.25, -0.2) is 0 Å². The number of benzene rings is 1. The smallest absolute Gasteiger partial charge is 0.393 e. The van der Waals surface area contributed by atoms with Gasteiger partial charge in [0.15, 0.2) is 0 Å². The van der Waals surface area contributed by atoms with Gasteiger partial charge >= 0.3 is 6.18 Å². The number of hydrogen-bond donors (Lipinski definition) is 1. The third-order valence-electron chi connectivity index (χ3n) is 3.54. The molecule has 1 aliphatic carbocycles. The molecular weight excluding hydrogens is 255 g/mol. The number of aliphatic hydroxyl groups excluding tert-OH is 1. The van der Waals surface area contributed by atoms with Crippen LogP contribution in [0.3, 0.4) is 0 Å². The molecule has 19 heavy (non-hydrogen) atoms. The molecule has 0 atom stereocenters. The van der Waals surface area contributed by atoms with Crippen LogP contribution < -0.4 is 0 Å². The van der Waals surface area contributed by atoms with E-state index in [-0.39, 0.29) is 12.6 Å². The van der Waals surface area contributed by atoms with Crippen LogP contribution in [0.1, 0.15) is 24.0 Å². The Balaban J connectivity index is 1.98. The fraction of sp³-hybridized carbons (Fsp3) is 0.571. The van der Waals surface area contributed by atoms with Crippen LogP contribution in [0.5, 0.6) is 0 Å². The van der Waals surface area contributed by atoms with E-state index in [1.807, 2.05) is 11.9 Å². The lowest BCUT2D eigenvalue weighted by atomic mass is 9.82. The van der Waals surface area contributed by atoms with Gasteiger partial charge in [-0.1, -0.05) is 18.2 Å². The van der Waals surface area contributed by atoms with E-state index in [0.29, 0.717) is 11.5 Å².